The lowest BCUT2D eigenvalue weighted by atomic mass is 9.99. The molecule has 1 N–H and O–H groups in total. The van der Waals surface area contributed by atoms with Gasteiger partial charge >= 0.3 is 0 Å². The molecule has 3 aromatic rings. The molecule has 3 heterocycles. The molecule has 0 saturated heterocycles. The fourth-order valence-corrected chi connectivity index (χ4v) is 3.33. The van der Waals surface area contributed by atoms with Crippen molar-refractivity contribution in [1.29, 1.82) is 0 Å². The van der Waals surface area contributed by atoms with Crippen LogP contribution in [0.25, 0.3) is 11.3 Å². The van der Waals surface area contributed by atoms with Crippen LogP contribution in [0.2, 0.25) is 0 Å². The van der Waals surface area contributed by atoms with E-state index in [0.717, 1.165) is 28.9 Å². The number of aromatic nitrogens is 3. The maximum Gasteiger partial charge on any atom is 0.273 e. The Morgan fingerprint density at radius 2 is 1.92 bits per heavy atom. The summed E-state index contributed by atoms with van der Waals surface area (Å²) in [5.41, 5.74) is 4.21. The topological polar surface area (TPSA) is 61.9 Å². The summed E-state index contributed by atoms with van der Waals surface area (Å²) < 4.78 is 0. The van der Waals surface area contributed by atoms with E-state index in [2.05, 4.69) is 22.1 Å². The number of H-pyrrole nitrogens is 1. The number of fused-ring (bicyclic) bond motifs is 1. The maximum atomic E-state index is 12.8. The second-order valence-corrected chi connectivity index (χ2v) is 5.88. The van der Waals surface area contributed by atoms with Gasteiger partial charge in [-0.15, -0.1) is 0 Å². The summed E-state index contributed by atoms with van der Waals surface area (Å²) in [6.07, 6.45) is 2.66. The average molecular weight is 318 g/mol. The molecule has 0 fully saturated rings. The van der Waals surface area contributed by atoms with E-state index in [9.17, 15) is 4.79 Å². The first-order chi connectivity index (χ1) is 11.8. The Bertz CT molecular complexity index is 858. The number of pyridine rings is 1. The van der Waals surface area contributed by atoms with Gasteiger partial charge in [0.2, 0.25) is 0 Å². The number of nitrogens with zero attached hydrogens (tertiary/aromatic N) is 3. The molecule has 0 saturated carbocycles. The SMILES string of the molecule is CCCN1C(=O)c2[nH]nc(-c3ccccc3)c2[C@H]1c1ccccn1. The van der Waals surface area contributed by atoms with Crippen molar-refractivity contribution in [3.63, 3.8) is 0 Å². The van der Waals surface area contributed by atoms with E-state index in [1.54, 1.807) is 6.20 Å². The molecular formula is C19H18N4O. The largest absolute Gasteiger partial charge is 0.324 e. The van der Waals surface area contributed by atoms with Gasteiger partial charge in [-0.25, -0.2) is 0 Å². The molecule has 120 valence electrons. The number of carbonyl (C=O) groups is 1. The molecule has 1 atom stereocenters. The van der Waals surface area contributed by atoms with Crippen molar-refractivity contribution in [2.45, 2.75) is 19.4 Å². The summed E-state index contributed by atoms with van der Waals surface area (Å²) in [5, 5.41) is 7.38. The molecule has 5 heteroatoms. The lowest BCUT2D eigenvalue weighted by Gasteiger charge is -2.25. The number of aromatic amines is 1. The lowest BCUT2D eigenvalue weighted by Crippen LogP contribution is -2.30. The Balaban J connectivity index is 1.90. The Morgan fingerprint density at radius 3 is 2.62 bits per heavy atom. The molecule has 1 aliphatic heterocycles. The quantitative estimate of drug-likeness (QED) is 0.801. The molecule has 0 spiro atoms. The number of rotatable bonds is 4. The van der Waals surface area contributed by atoms with Crippen molar-refractivity contribution in [3.8, 4) is 11.3 Å². The van der Waals surface area contributed by atoms with Crippen LogP contribution in [-0.4, -0.2) is 32.5 Å². The van der Waals surface area contributed by atoms with Gasteiger partial charge in [0.25, 0.3) is 5.91 Å². The fraction of sp³-hybridized carbons (Fsp3) is 0.211. The van der Waals surface area contributed by atoms with Gasteiger partial charge in [0.1, 0.15) is 11.7 Å². The molecule has 5 nitrogen and oxygen atoms in total. The summed E-state index contributed by atoms with van der Waals surface area (Å²) >= 11 is 0. The maximum absolute atomic E-state index is 12.8. The van der Waals surface area contributed by atoms with Crippen molar-refractivity contribution >= 4 is 5.91 Å². The van der Waals surface area contributed by atoms with E-state index in [1.165, 1.54) is 0 Å². The summed E-state index contributed by atoms with van der Waals surface area (Å²) in [6.45, 7) is 2.77. The van der Waals surface area contributed by atoms with E-state index in [0.29, 0.717) is 12.2 Å². The standard InChI is InChI=1S/C19H18N4O/c1-2-12-23-18(14-10-6-7-11-20-14)15-16(13-8-4-3-5-9-13)21-22-17(15)19(23)24/h3-11,18H,2,12H2,1H3,(H,21,22)/t18-/m1/s1. The predicted molar refractivity (Wildman–Crippen MR) is 91.4 cm³/mol. The third-order valence-corrected chi connectivity index (χ3v) is 4.34. The summed E-state index contributed by atoms with van der Waals surface area (Å²) in [5.74, 6) is -0.00261. The normalized spacial score (nSPS) is 16.5. The predicted octanol–water partition coefficient (Wildman–Crippen LogP) is 3.43. The zero-order valence-corrected chi connectivity index (χ0v) is 13.4. The fourth-order valence-electron chi connectivity index (χ4n) is 3.33. The van der Waals surface area contributed by atoms with Gasteiger partial charge in [-0.05, 0) is 18.6 Å². The molecule has 1 amide bonds. The molecule has 0 radical (unpaired) electrons. The summed E-state index contributed by atoms with van der Waals surface area (Å²) in [7, 11) is 0. The molecule has 1 aromatic carbocycles. The molecule has 0 aliphatic carbocycles. The van der Waals surface area contributed by atoms with Crippen LogP contribution in [0.4, 0.5) is 0 Å². The molecule has 0 bridgehead atoms. The van der Waals surface area contributed by atoms with Gasteiger partial charge in [-0.3, -0.25) is 14.9 Å². The molecule has 0 unspecified atom stereocenters. The van der Waals surface area contributed by atoms with E-state index in [4.69, 9.17) is 0 Å². The van der Waals surface area contributed by atoms with Crippen molar-refractivity contribution in [2.75, 3.05) is 6.54 Å². The smallest absolute Gasteiger partial charge is 0.273 e. The Hall–Kier alpha value is -2.95. The second kappa shape index (κ2) is 5.92. The minimum Gasteiger partial charge on any atom is -0.324 e. The van der Waals surface area contributed by atoms with Crippen LogP contribution in [-0.2, 0) is 0 Å². The van der Waals surface area contributed by atoms with E-state index in [1.807, 2.05) is 53.4 Å². The molecular weight excluding hydrogens is 300 g/mol. The molecule has 4 rings (SSSR count). The number of amides is 1. The highest BCUT2D eigenvalue weighted by Gasteiger charge is 2.42. The van der Waals surface area contributed by atoms with E-state index in [-0.39, 0.29) is 11.9 Å². The first-order valence-electron chi connectivity index (χ1n) is 8.16. The number of carbonyl (C=O) groups excluding carboxylic acids is 1. The van der Waals surface area contributed by atoms with Gasteiger partial charge in [-0.2, -0.15) is 5.10 Å². The van der Waals surface area contributed by atoms with Crippen molar-refractivity contribution in [1.82, 2.24) is 20.1 Å². The zero-order chi connectivity index (χ0) is 16.5. The third kappa shape index (κ3) is 2.21. The monoisotopic (exact) mass is 318 g/mol. The average Bonchev–Trinajstić information content (AvgIpc) is 3.17. The molecule has 2 aromatic heterocycles. The van der Waals surface area contributed by atoms with Gasteiger partial charge < -0.3 is 4.90 Å². The minimum atomic E-state index is -0.192. The van der Waals surface area contributed by atoms with Crippen LogP contribution in [0.5, 0.6) is 0 Å². The van der Waals surface area contributed by atoms with E-state index < -0.39 is 0 Å². The first-order valence-corrected chi connectivity index (χ1v) is 8.16. The van der Waals surface area contributed by atoms with Crippen molar-refractivity contribution in [2.24, 2.45) is 0 Å². The summed E-state index contributed by atoms with van der Waals surface area (Å²) in [6, 6.07) is 15.6. The molecule has 1 aliphatic rings. The van der Waals surface area contributed by atoms with Gasteiger partial charge in [0.05, 0.1) is 11.4 Å². The van der Waals surface area contributed by atoms with Crippen LogP contribution in [0, 0.1) is 0 Å². The van der Waals surface area contributed by atoms with Gasteiger partial charge in [-0.1, -0.05) is 43.3 Å². The van der Waals surface area contributed by atoms with E-state index >= 15 is 0 Å². The minimum absolute atomic E-state index is 0.00261. The highest BCUT2D eigenvalue weighted by molar-refractivity contribution is 6.00. The first kappa shape index (κ1) is 14.6. The Labute approximate surface area is 140 Å². The number of nitrogens with one attached hydrogen (secondary N) is 1. The number of hydrogen-bond donors (Lipinski definition) is 1. The van der Waals surface area contributed by atoms with Crippen LogP contribution in [0.3, 0.4) is 0 Å². The number of hydrogen-bond acceptors (Lipinski definition) is 3. The summed E-state index contributed by atoms with van der Waals surface area (Å²) in [4.78, 5) is 19.2. The van der Waals surface area contributed by atoms with Gasteiger partial charge in [0, 0.05) is 23.9 Å². The Morgan fingerprint density at radius 1 is 1.12 bits per heavy atom. The highest BCUT2D eigenvalue weighted by Crippen LogP contribution is 2.41. The van der Waals surface area contributed by atoms with Gasteiger partial charge in [0.15, 0.2) is 0 Å². The number of benzene rings is 1. The van der Waals surface area contributed by atoms with Crippen molar-refractivity contribution < 1.29 is 4.79 Å². The van der Waals surface area contributed by atoms with Crippen LogP contribution in [0.1, 0.15) is 41.1 Å². The Kier molecular flexibility index (Phi) is 3.61. The van der Waals surface area contributed by atoms with Crippen LogP contribution >= 0.6 is 0 Å². The lowest BCUT2D eigenvalue weighted by molar-refractivity contribution is 0.0741. The third-order valence-electron chi connectivity index (χ3n) is 4.34. The highest BCUT2D eigenvalue weighted by atomic mass is 16.2. The zero-order valence-electron chi connectivity index (χ0n) is 13.4. The van der Waals surface area contributed by atoms with Crippen molar-refractivity contribution in [3.05, 3.63) is 71.7 Å². The second-order valence-electron chi connectivity index (χ2n) is 5.88. The van der Waals surface area contributed by atoms with Crippen LogP contribution < -0.4 is 0 Å². The molecule has 24 heavy (non-hydrogen) atoms. The van der Waals surface area contributed by atoms with Crippen LogP contribution in [0.15, 0.2) is 54.7 Å².